The van der Waals surface area contributed by atoms with Gasteiger partial charge in [-0.2, -0.15) is 0 Å². The minimum atomic E-state index is -0.956. The summed E-state index contributed by atoms with van der Waals surface area (Å²) in [6.07, 6.45) is -0.306. The van der Waals surface area contributed by atoms with Crippen LogP contribution in [0.15, 0.2) is 16.6 Å². The van der Waals surface area contributed by atoms with E-state index in [-0.39, 0.29) is 11.8 Å². The lowest BCUT2D eigenvalue weighted by Crippen LogP contribution is -2.47. The third-order valence-electron chi connectivity index (χ3n) is 2.74. The molecule has 1 aromatic rings. The maximum Gasteiger partial charge on any atom is 0.321 e. The number of aldehydes is 1. The Morgan fingerprint density at radius 3 is 2.39 bits per heavy atom. The van der Waals surface area contributed by atoms with Crippen molar-refractivity contribution in [2.24, 2.45) is 0 Å². The highest BCUT2D eigenvalue weighted by molar-refractivity contribution is 9.10. The van der Waals surface area contributed by atoms with Crippen LogP contribution in [0.4, 0.5) is 4.79 Å². The van der Waals surface area contributed by atoms with Gasteiger partial charge in [0.1, 0.15) is 0 Å². The minimum Gasteiger partial charge on any atom is -0.493 e. The molecule has 0 bridgehead atoms. The van der Waals surface area contributed by atoms with Crippen LogP contribution in [0, 0.1) is 0 Å². The Bertz CT molecular complexity index is 604. The van der Waals surface area contributed by atoms with Crippen LogP contribution < -0.4 is 20.1 Å². The molecular weight excluding hydrogens is 368 g/mol. The van der Waals surface area contributed by atoms with E-state index in [2.05, 4.69) is 26.6 Å². The topological polar surface area (TPSA) is 93.7 Å². The van der Waals surface area contributed by atoms with E-state index in [1.165, 1.54) is 20.1 Å². The molecular formula is C15H19BrN2O5. The summed E-state index contributed by atoms with van der Waals surface area (Å²) in [6.45, 7) is 5.04. The molecule has 0 radical (unpaired) electrons. The minimum absolute atomic E-state index is 0.0965. The second-order valence-corrected chi connectivity index (χ2v) is 5.87. The van der Waals surface area contributed by atoms with Gasteiger partial charge in [0.25, 0.3) is 5.91 Å². The Hall–Kier alpha value is -2.09. The molecule has 0 spiro atoms. The Morgan fingerprint density at radius 2 is 1.87 bits per heavy atom. The molecule has 1 aromatic carbocycles. The van der Waals surface area contributed by atoms with Crippen LogP contribution in [0.2, 0.25) is 0 Å². The molecule has 0 aliphatic carbocycles. The number of hydrogen-bond acceptors (Lipinski definition) is 5. The number of rotatable bonds is 6. The lowest BCUT2D eigenvalue weighted by molar-refractivity contribution is -0.126. The van der Waals surface area contributed by atoms with Crippen LogP contribution in [0.1, 0.15) is 31.1 Å². The summed E-state index contributed by atoms with van der Waals surface area (Å²) in [5.74, 6) is -0.0285. The summed E-state index contributed by atoms with van der Waals surface area (Å²) < 4.78 is 11.2. The van der Waals surface area contributed by atoms with Gasteiger partial charge in [0, 0.05) is 16.1 Å². The van der Waals surface area contributed by atoms with Gasteiger partial charge < -0.3 is 14.8 Å². The van der Waals surface area contributed by atoms with Crippen LogP contribution in [0.25, 0.3) is 0 Å². The van der Waals surface area contributed by atoms with Gasteiger partial charge in [0.2, 0.25) is 0 Å². The normalized spacial score (nSPS) is 11.6. The van der Waals surface area contributed by atoms with Crippen molar-refractivity contribution in [3.05, 3.63) is 22.2 Å². The maximum absolute atomic E-state index is 11.9. The fraction of sp³-hybridized carbons (Fsp3) is 0.400. The van der Waals surface area contributed by atoms with Crippen molar-refractivity contribution < 1.29 is 23.9 Å². The van der Waals surface area contributed by atoms with Crippen molar-refractivity contribution in [3.63, 3.8) is 0 Å². The zero-order chi connectivity index (χ0) is 17.6. The van der Waals surface area contributed by atoms with Gasteiger partial charge in [-0.1, -0.05) is 0 Å². The average Bonchev–Trinajstić information content (AvgIpc) is 2.47. The van der Waals surface area contributed by atoms with Crippen LogP contribution >= 0.6 is 15.9 Å². The van der Waals surface area contributed by atoms with Gasteiger partial charge in [-0.05, 0) is 48.8 Å². The predicted molar refractivity (Wildman–Crippen MR) is 88.0 cm³/mol. The molecule has 0 aliphatic heterocycles. The molecule has 0 saturated carbocycles. The number of hydrogen-bond donors (Lipinski definition) is 2. The van der Waals surface area contributed by atoms with Gasteiger partial charge >= 0.3 is 6.03 Å². The quantitative estimate of drug-likeness (QED) is 0.731. The van der Waals surface area contributed by atoms with Crippen molar-refractivity contribution in [1.29, 1.82) is 0 Å². The number of urea groups is 1. The van der Waals surface area contributed by atoms with E-state index in [0.29, 0.717) is 22.1 Å². The summed E-state index contributed by atoms with van der Waals surface area (Å²) in [4.78, 5) is 34.4. The number of carbonyl (C=O) groups excluding carboxylic acids is 3. The van der Waals surface area contributed by atoms with Gasteiger partial charge in [0.05, 0.1) is 7.11 Å². The fourth-order valence-corrected chi connectivity index (χ4v) is 2.06. The fourth-order valence-electron chi connectivity index (χ4n) is 1.65. The zero-order valence-electron chi connectivity index (χ0n) is 13.3. The number of nitrogens with one attached hydrogen (secondary N) is 2. The van der Waals surface area contributed by atoms with Crippen LogP contribution in [-0.4, -0.2) is 37.5 Å². The molecule has 0 saturated heterocycles. The second-order valence-electron chi connectivity index (χ2n) is 5.02. The second kappa shape index (κ2) is 8.52. The Kier molecular flexibility index (Phi) is 7.02. The molecule has 0 unspecified atom stereocenters. The van der Waals surface area contributed by atoms with Crippen LogP contribution in [-0.2, 0) is 4.79 Å². The third-order valence-corrected chi connectivity index (χ3v) is 3.43. The Morgan fingerprint density at radius 1 is 1.22 bits per heavy atom. The highest BCUT2D eigenvalue weighted by atomic mass is 79.9. The summed E-state index contributed by atoms with van der Waals surface area (Å²) in [5, 5.41) is 4.71. The highest BCUT2D eigenvalue weighted by Gasteiger charge is 2.20. The molecule has 3 amide bonds. The smallest absolute Gasteiger partial charge is 0.321 e. The van der Waals surface area contributed by atoms with E-state index in [1.54, 1.807) is 19.9 Å². The Labute approximate surface area is 142 Å². The number of ether oxygens (including phenoxy) is 2. The van der Waals surface area contributed by atoms with Crippen molar-refractivity contribution in [2.75, 3.05) is 7.11 Å². The van der Waals surface area contributed by atoms with Gasteiger partial charge in [-0.3, -0.25) is 14.9 Å². The predicted octanol–water partition coefficient (Wildman–Crippen LogP) is 2.27. The highest BCUT2D eigenvalue weighted by Crippen LogP contribution is 2.33. The van der Waals surface area contributed by atoms with Crippen molar-refractivity contribution in [2.45, 2.75) is 32.9 Å². The molecule has 7 nitrogen and oxygen atoms in total. The van der Waals surface area contributed by atoms with Crippen LogP contribution in [0.3, 0.4) is 0 Å². The molecule has 126 valence electrons. The first-order chi connectivity index (χ1) is 10.8. The van der Waals surface area contributed by atoms with Gasteiger partial charge in [-0.15, -0.1) is 0 Å². The lowest BCUT2D eigenvalue weighted by Gasteiger charge is -2.17. The molecule has 2 N–H and O–H groups in total. The number of benzene rings is 1. The Balaban J connectivity index is 2.83. The average molecular weight is 387 g/mol. The first-order valence-electron chi connectivity index (χ1n) is 6.89. The summed E-state index contributed by atoms with van der Waals surface area (Å²) in [5.41, 5.74) is 0.353. The number of carbonyl (C=O) groups is 3. The number of amides is 3. The molecule has 1 atom stereocenters. The van der Waals surface area contributed by atoms with Crippen molar-refractivity contribution >= 4 is 34.2 Å². The molecule has 0 aromatic heterocycles. The van der Waals surface area contributed by atoms with Crippen molar-refractivity contribution in [3.8, 4) is 11.5 Å². The van der Waals surface area contributed by atoms with E-state index >= 15 is 0 Å². The van der Waals surface area contributed by atoms with Crippen LogP contribution in [0.5, 0.6) is 11.5 Å². The summed E-state index contributed by atoms with van der Waals surface area (Å²) in [6, 6.07) is 2.32. The van der Waals surface area contributed by atoms with E-state index in [1.807, 2.05) is 0 Å². The molecule has 0 heterocycles. The van der Waals surface area contributed by atoms with E-state index in [9.17, 15) is 14.4 Å². The number of halogens is 1. The SMILES string of the molecule is COc1cc(Br)c(C=O)cc1O[C@@H](C)C(=O)NC(=O)NC(C)C. The lowest BCUT2D eigenvalue weighted by atomic mass is 10.2. The third kappa shape index (κ3) is 5.55. The number of methoxy groups -OCH3 is 1. The van der Waals surface area contributed by atoms with E-state index < -0.39 is 18.0 Å². The monoisotopic (exact) mass is 386 g/mol. The van der Waals surface area contributed by atoms with E-state index in [4.69, 9.17) is 9.47 Å². The molecule has 8 heteroatoms. The zero-order valence-corrected chi connectivity index (χ0v) is 14.9. The van der Waals surface area contributed by atoms with E-state index in [0.717, 1.165) is 0 Å². The largest absolute Gasteiger partial charge is 0.493 e. The summed E-state index contributed by atoms with van der Waals surface area (Å²) in [7, 11) is 1.44. The standard InChI is InChI=1S/C15H19BrN2O5/c1-8(2)17-15(21)18-14(20)9(3)23-13-5-10(7-19)11(16)6-12(13)22-4/h5-9H,1-4H3,(H2,17,18,20,21)/t9-/m0/s1. The van der Waals surface area contributed by atoms with Gasteiger partial charge in [-0.25, -0.2) is 4.79 Å². The first kappa shape index (κ1) is 19.0. The molecule has 0 aliphatic rings. The van der Waals surface area contributed by atoms with Gasteiger partial charge in [0.15, 0.2) is 23.9 Å². The molecule has 23 heavy (non-hydrogen) atoms. The summed E-state index contributed by atoms with van der Waals surface area (Å²) >= 11 is 3.23. The molecule has 0 fully saturated rings. The number of imide groups is 1. The van der Waals surface area contributed by atoms with Crippen molar-refractivity contribution in [1.82, 2.24) is 10.6 Å². The molecule has 1 rings (SSSR count). The first-order valence-corrected chi connectivity index (χ1v) is 7.68. The maximum atomic E-state index is 11.9.